The molecular formula is C7H11N. The quantitative estimate of drug-likeness (QED) is 0.453. The van der Waals surface area contributed by atoms with Gasteiger partial charge >= 0.3 is 0 Å². The van der Waals surface area contributed by atoms with Crippen molar-refractivity contribution in [3.8, 4) is 12.3 Å². The molecule has 8 heavy (non-hydrogen) atoms. The lowest BCUT2D eigenvalue weighted by atomic mass is 10.0. The van der Waals surface area contributed by atoms with Crippen molar-refractivity contribution in [2.75, 3.05) is 6.54 Å². The fraction of sp³-hybridized carbons (Fsp3) is 0.714. The van der Waals surface area contributed by atoms with E-state index in [-0.39, 0.29) is 5.54 Å². The van der Waals surface area contributed by atoms with Crippen LogP contribution < -0.4 is 5.32 Å². The van der Waals surface area contributed by atoms with Gasteiger partial charge in [-0.15, -0.1) is 6.42 Å². The van der Waals surface area contributed by atoms with Crippen LogP contribution in [0.1, 0.15) is 19.8 Å². The molecule has 1 aliphatic heterocycles. The van der Waals surface area contributed by atoms with Crippen LogP contribution in [0.25, 0.3) is 0 Å². The molecule has 1 heterocycles. The maximum absolute atomic E-state index is 5.26. The van der Waals surface area contributed by atoms with Gasteiger partial charge in [-0.3, -0.25) is 0 Å². The maximum atomic E-state index is 5.26. The monoisotopic (exact) mass is 109 g/mol. The van der Waals surface area contributed by atoms with Gasteiger partial charge < -0.3 is 5.32 Å². The Bertz CT molecular complexity index is 115. The van der Waals surface area contributed by atoms with E-state index in [9.17, 15) is 0 Å². The van der Waals surface area contributed by atoms with E-state index in [2.05, 4.69) is 18.2 Å². The summed E-state index contributed by atoms with van der Waals surface area (Å²) in [7, 11) is 0. The zero-order valence-electron chi connectivity index (χ0n) is 5.20. The van der Waals surface area contributed by atoms with Crippen molar-refractivity contribution in [1.29, 1.82) is 0 Å². The zero-order chi connectivity index (χ0) is 6.04. The van der Waals surface area contributed by atoms with Crippen LogP contribution in [-0.2, 0) is 0 Å². The van der Waals surface area contributed by atoms with E-state index < -0.39 is 0 Å². The fourth-order valence-corrected chi connectivity index (χ4v) is 1.02. The predicted octanol–water partition coefficient (Wildman–Crippen LogP) is 0.762. The third-order valence-electron chi connectivity index (χ3n) is 1.69. The molecule has 0 bridgehead atoms. The van der Waals surface area contributed by atoms with Gasteiger partial charge in [-0.25, -0.2) is 0 Å². The molecule has 0 saturated carbocycles. The molecule has 0 spiro atoms. The molecule has 44 valence electrons. The maximum Gasteiger partial charge on any atom is 0.0770 e. The van der Waals surface area contributed by atoms with Crippen LogP contribution in [0.3, 0.4) is 0 Å². The summed E-state index contributed by atoms with van der Waals surface area (Å²) >= 11 is 0. The molecule has 0 aromatic carbocycles. The van der Waals surface area contributed by atoms with E-state index in [1.807, 2.05) is 0 Å². The Morgan fingerprint density at radius 2 is 2.50 bits per heavy atom. The minimum atomic E-state index is 0.0139. The normalized spacial score (nSPS) is 37.0. The van der Waals surface area contributed by atoms with Gasteiger partial charge in [-0.05, 0) is 26.3 Å². The van der Waals surface area contributed by atoms with Crippen molar-refractivity contribution in [3.63, 3.8) is 0 Å². The molecule has 1 aliphatic rings. The molecule has 1 nitrogen and oxygen atoms in total. The Morgan fingerprint density at radius 3 is 2.75 bits per heavy atom. The molecule has 0 unspecified atom stereocenters. The summed E-state index contributed by atoms with van der Waals surface area (Å²) in [6.45, 7) is 3.15. The summed E-state index contributed by atoms with van der Waals surface area (Å²) in [4.78, 5) is 0. The summed E-state index contributed by atoms with van der Waals surface area (Å²) in [6.07, 6.45) is 7.61. The van der Waals surface area contributed by atoms with Crippen LogP contribution >= 0.6 is 0 Å². The minimum absolute atomic E-state index is 0.0139. The molecule has 0 amide bonds. The highest BCUT2D eigenvalue weighted by molar-refractivity contribution is 5.12. The van der Waals surface area contributed by atoms with Crippen molar-refractivity contribution in [2.45, 2.75) is 25.3 Å². The van der Waals surface area contributed by atoms with E-state index in [1.165, 1.54) is 6.42 Å². The van der Waals surface area contributed by atoms with Gasteiger partial charge in [0.2, 0.25) is 0 Å². The topological polar surface area (TPSA) is 12.0 Å². The molecular weight excluding hydrogens is 98.1 g/mol. The van der Waals surface area contributed by atoms with Crippen molar-refractivity contribution in [2.24, 2.45) is 0 Å². The highest BCUT2D eigenvalue weighted by atomic mass is 15.0. The molecule has 1 N–H and O–H groups in total. The smallest absolute Gasteiger partial charge is 0.0770 e. The van der Waals surface area contributed by atoms with Crippen molar-refractivity contribution >= 4 is 0 Å². The number of terminal acetylenes is 1. The molecule has 1 fully saturated rings. The molecule has 0 aliphatic carbocycles. The lowest BCUT2D eigenvalue weighted by molar-refractivity contribution is 0.541. The Labute approximate surface area is 50.5 Å². The van der Waals surface area contributed by atoms with E-state index in [0.29, 0.717) is 0 Å². The van der Waals surface area contributed by atoms with Gasteiger partial charge in [0.05, 0.1) is 5.54 Å². The third-order valence-corrected chi connectivity index (χ3v) is 1.69. The highest BCUT2D eigenvalue weighted by Crippen LogP contribution is 2.15. The molecule has 0 aromatic rings. The first kappa shape index (κ1) is 5.65. The van der Waals surface area contributed by atoms with E-state index in [1.54, 1.807) is 0 Å². The lowest BCUT2D eigenvalue weighted by Gasteiger charge is -2.14. The summed E-state index contributed by atoms with van der Waals surface area (Å²) in [5.41, 5.74) is 0.0139. The number of nitrogens with one attached hydrogen (secondary N) is 1. The first-order valence-electron chi connectivity index (χ1n) is 3.00. The average molecular weight is 109 g/mol. The average Bonchev–Trinajstić information content (AvgIpc) is 2.17. The first-order valence-corrected chi connectivity index (χ1v) is 3.00. The molecule has 1 atom stereocenters. The SMILES string of the molecule is C#C[C@]1(C)CCCN1. The van der Waals surface area contributed by atoms with Gasteiger partial charge in [-0.2, -0.15) is 0 Å². The van der Waals surface area contributed by atoms with Gasteiger partial charge in [-0.1, -0.05) is 5.92 Å². The summed E-state index contributed by atoms with van der Waals surface area (Å²) < 4.78 is 0. The molecule has 1 saturated heterocycles. The van der Waals surface area contributed by atoms with E-state index in [4.69, 9.17) is 6.42 Å². The van der Waals surface area contributed by atoms with Gasteiger partial charge in [0, 0.05) is 0 Å². The van der Waals surface area contributed by atoms with Crippen LogP contribution in [0, 0.1) is 12.3 Å². The number of rotatable bonds is 0. The second-order valence-corrected chi connectivity index (χ2v) is 2.51. The molecule has 1 heteroatoms. The standard InChI is InChI=1S/C7H11N/c1-3-7(2)5-4-6-8-7/h1,8H,4-6H2,2H3/t7-/m1/s1. The van der Waals surface area contributed by atoms with Gasteiger partial charge in [0.1, 0.15) is 0 Å². The van der Waals surface area contributed by atoms with Crippen LogP contribution in [-0.4, -0.2) is 12.1 Å². The second kappa shape index (κ2) is 1.80. The number of hydrogen-bond acceptors (Lipinski definition) is 1. The minimum Gasteiger partial charge on any atom is -0.301 e. The van der Waals surface area contributed by atoms with Crippen molar-refractivity contribution in [3.05, 3.63) is 0 Å². The Kier molecular flexibility index (Phi) is 1.27. The van der Waals surface area contributed by atoms with E-state index in [0.717, 1.165) is 13.0 Å². The lowest BCUT2D eigenvalue weighted by Crippen LogP contribution is -2.33. The number of hydrogen-bond donors (Lipinski definition) is 1. The molecule has 0 aromatic heterocycles. The summed E-state index contributed by atoms with van der Waals surface area (Å²) in [5, 5.41) is 3.25. The molecule has 0 radical (unpaired) electrons. The Hall–Kier alpha value is -0.480. The second-order valence-electron chi connectivity index (χ2n) is 2.51. The van der Waals surface area contributed by atoms with Crippen LogP contribution in [0.2, 0.25) is 0 Å². The fourth-order valence-electron chi connectivity index (χ4n) is 1.02. The largest absolute Gasteiger partial charge is 0.301 e. The third kappa shape index (κ3) is 0.850. The van der Waals surface area contributed by atoms with Crippen LogP contribution in [0.5, 0.6) is 0 Å². The Balaban J connectivity index is 2.56. The van der Waals surface area contributed by atoms with Gasteiger partial charge in [0.25, 0.3) is 0 Å². The zero-order valence-corrected chi connectivity index (χ0v) is 5.20. The molecule has 1 rings (SSSR count). The first-order chi connectivity index (χ1) is 3.77. The van der Waals surface area contributed by atoms with Crippen molar-refractivity contribution < 1.29 is 0 Å². The summed E-state index contributed by atoms with van der Waals surface area (Å²) in [5.74, 6) is 2.73. The van der Waals surface area contributed by atoms with E-state index >= 15 is 0 Å². The highest BCUT2D eigenvalue weighted by Gasteiger charge is 2.24. The summed E-state index contributed by atoms with van der Waals surface area (Å²) in [6, 6.07) is 0. The van der Waals surface area contributed by atoms with Crippen LogP contribution in [0.15, 0.2) is 0 Å². The van der Waals surface area contributed by atoms with Crippen molar-refractivity contribution in [1.82, 2.24) is 5.32 Å². The van der Waals surface area contributed by atoms with Crippen LogP contribution in [0.4, 0.5) is 0 Å². The van der Waals surface area contributed by atoms with Gasteiger partial charge in [0.15, 0.2) is 0 Å². The Morgan fingerprint density at radius 1 is 1.75 bits per heavy atom. The predicted molar refractivity (Wildman–Crippen MR) is 34.5 cm³/mol.